The molecule has 4 aliphatic rings. The van der Waals surface area contributed by atoms with Gasteiger partial charge in [0.25, 0.3) is 0 Å². The van der Waals surface area contributed by atoms with Gasteiger partial charge < -0.3 is 14.6 Å². The van der Waals surface area contributed by atoms with Gasteiger partial charge >= 0.3 is 5.97 Å². The lowest BCUT2D eigenvalue weighted by Crippen LogP contribution is -2.46. The highest BCUT2D eigenvalue weighted by atomic mass is 16.5. The van der Waals surface area contributed by atoms with Crippen LogP contribution in [0, 0.1) is 17.8 Å². The summed E-state index contributed by atoms with van der Waals surface area (Å²) in [6.07, 6.45) is 6.15. The number of hydrogen-bond donors (Lipinski definition) is 1. The van der Waals surface area contributed by atoms with Gasteiger partial charge in [-0.25, -0.2) is 0 Å². The Morgan fingerprint density at radius 2 is 1.89 bits per heavy atom. The Hall–Kier alpha value is -0.610. The number of aliphatic hydroxyl groups excluding tert-OH is 1. The van der Waals surface area contributed by atoms with E-state index in [-0.39, 0.29) is 23.9 Å². The summed E-state index contributed by atoms with van der Waals surface area (Å²) in [5.41, 5.74) is 0. The van der Waals surface area contributed by atoms with Crippen LogP contribution in [-0.4, -0.2) is 36.0 Å². The normalized spacial score (nSPS) is 45.4. The minimum absolute atomic E-state index is 0.00669. The number of carbonyl (C=O) groups is 1. The molecule has 4 fully saturated rings. The summed E-state index contributed by atoms with van der Waals surface area (Å²) in [5.74, 6) is 0.641. The topological polar surface area (TPSA) is 55.8 Å². The Bertz CT molecular complexity index is 327. The van der Waals surface area contributed by atoms with Crippen LogP contribution in [0.4, 0.5) is 0 Å². The average molecular weight is 268 g/mol. The van der Waals surface area contributed by atoms with E-state index >= 15 is 0 Å². The van der Waals surface area contributed by atoms with Gasteiger partial charge in [-0.15, -0.1) is 0 Å². The summed E-state index contributed by atoms with van der Waals surface area (Å²) < 4.78 is 11.1. The molecule has 0 amide bonds. The van der Waals surface area contributed by atoms with E-state index in [1.165, 1.54) is 6.42 Å². The van der Waals surface area contributed by atoms with Crippen molar-refractivity contribution >= 4 is 5.97 Å². The third-order valence-electron chi connectivity index (χ3n) is 5.02. The first-order valence-corrected chi connectivity index (χ1v) is 7.62. The maximum Gasteiger partial charge on any atom is 0.308 e. The molecule has 4 unspecified atom stereocenters. The second-order valence-electron chi connectivity index (χ2n) is 6.64. The maximum absolute atomic E-state index is 12.1. The smallest absolute Gasteiger partial charge is 0.308 e. The van der Waals surface area contributed by atoms with Crippen molar-refractivity contribution in [2.24, 2.45) is 17.8 Å². The highest BCUT2D eigenvalue weighted by Gasteiger charge is 2.40. The molecule has 2 heterocycles. The van der Waals surface area contributed by atoms with Crippen molar-refractivity contribution < 1.29 is 19.4 Å². The van der Waals surface area contributed by atoms with Crippen molar-refractivity contribution in [3.05, 3.63) is 0 Å². The zero-order valence-corrected chi connectivity index (χ0v) is 11.6. The summed E-state index contributed by atoms with van der Waals surface area (Å²) >= 11 is 0. The molecular weight excluding hydrogens is 244 g/mol. The van der Waals surface area contributed by atoms with Crippen LogP contribution >= 0.6 is 0 Å². The second-order valence-corrected chi connectivity index (χ2v) is 6.64. The average Bonchev–Trinajstić information content (AvgIpc) is 2.38. The zero-order chi connectivity index (χ0) is 13.4. The molecular formula is C15H24O4. The van der Waals surface area contributed by atoms with Gasteiger partial charge in [-0.2, -0.15) is 0 Å². The lowest BCUT2D eigenvalue weighted by molar-refractivity contribution is -0.184. The van der Waals surface area contributed by atoms with Crippen LogP contribution in [0.15, 0.2) is 0 Å². The van der Waals surface area contributed by atoms with Crippen molar-refractivity contribution in [2.75, 3.05) is 6.61 Å². The molecule has 0 aromatic rings. The van der Waals surface area contributed by atoms with E-state index in [1.807, 2.05) is 6.92 Å². The standard InChI is InChI=1S/C15H24O4/c1-9-4-11(2-3-14(9)16)15(17)18-8-10-5-12-7-13(6-10)19-12/h9-14,16H,2-8H2,1H3/t9-,10?,11?,12?,13?,14?/m1/s1. The number of ether oxygens (including phenoxy) is 2. The first kappa shape index (κ1) is 13.4. The highest BCUT2D eigenvalue weighted by molar-refractivity contribution is 5.72. The third kappa shape index (κ3) is 2.95. The van der Waals surface area contributed by atoms with Gasteiger partial charge in [0.15, 0.2) is 0 Å². The van der Waals surface area contributed by atoms with Crippen molar-refractivity contribution in [3.8, 4) is 0 Å². The molecule has 4 nitrogen and oxygen atoms in total. The van der Waals surface area contributed by atoms with Crippen LogP contribution in [0.25, 0.3) is 0 Å². The summed E-state index contributed by atoms with van der Waals surface area (Å²) in [4.78, 5) is 12.1. The summed E-state index contributed by atoms with van der Waals surface area (Å²) in [6, 6.07) is 0. The van der Waals surface area contributed by atoms with E-state index in [2.05, 4.69) is 0 Å². The Labute approximate surface area is 114 Å². The molecule has 0 aromatic heterocycles. The zero-order valence-electron chi connectivity index (χ0n) is 11.6. The van der Waals surface area contributed by atoms with Gasteiger partial charge in [-0.1, -0.05) is 6.92 Å². The van der Waals surface area contributed by atoms with Gasteiger partial charge in [0.1, 0.15) is 0 Å². The monoisotopic (exact) mass is 268 g/mol. The molecule has 0 spiro atoms. The first-order chi connectivity index (χ1) is 9.11. The molecule has 0 radical (unpaired) electrons. The molecule has 2 saturated carbocycles. The lowest BCUT2D eigenvalue weighted by atomic mass is 9.80. The maximum atomic E-state index is 12.1. The van der Waals surface area contributed by atoms with E-state index in [0.29, 0.717) is 24.7 Å². The molecule has 4 heteroatoms. The van der Waals surface area contributed by atoms with Crippen molar-refractivity contribution in [1.29, 1.82) is 0 Å². The predicted molar refractivity (Wildman–Crippen MR) is 69.5 cm³/mol. The quantitative estimate of drug-likeness (QED) is 0.794. The van der Waals surface area contributed by atoms with Crippen molar-refractivity contribution in [2.45, 2.75) is 63.8 Å². The predicted octanol–water partition coefficient (Wildman–Crippen LogP) is 1.89. The van der Waals surface area contributed by atoms with Gasteiger partial charge in [0.2, 0.25) is 0 Å². The molecule has 2 bridgehead atoms. The number of fused-ring (bicyclic) bond motifs is 2. The molecule has 19 heavy (non-hydrogen) atoms. The Kier molecular flexibility index (Phi) is 3.81. The van der Waals surface area contributed by atoms with Crippen LogP contribution < -0.4 is 0 Å². The van der Waals surface area contributed by atoms with Crippen molar-refractivity contribution in [1.82, 2.24) is 0 Å². The number of esters is 1. The Balaban J connectivity index is 1.41. The molecule has 2 aliphatic heterocycles. The van der Waals surface area contributed by atoms with Crippen molar-refractivity contribution in [3.63, 3.8) is 0 Å². The molecule has 5 atom stereocenters. The van der Waals surface area contributed by atoms with Gasteiger partial charge in [-0.05, 0) is 50.4 Å². The van der Waals surface area contributed by atoms with E-state index < -0.39 is 0 Å². The molecule has 2 saturated heterocycles. The van der Waals surface area contributed by atoms with Crippen LogP contribution in [0.1, 0.15) is 45.4 Å². The van der Waals surface area contributed by atoms with Crippen LogP contribution in [0.2, 0.25) is 0 Å². The lowest BCUT2D eigenvalue weighted by Gasteiger charge is -2.45. The van der Waals surface area contributed by atoms with Gasteiger partial charge in [0.05, 0.1) is 30.8 Å². The molecule has 108 valence electrons. The number of rotatable bonds is 3. The minimum Gasteiger partial charge on any atom is -0.465 e. The van der Waals surface area contributed by atoms with Crippen LogP contribution in [0.5, 0.6) is 0 Å². The highest BCUT2D eigenvalue weighted by Crippen LogP contribution is 2.38. The number of aliphatic hydroxyl groups is 1. The third-order valence-corrected chi connectivity index (χ3v) is 5.02. The Morgan fingerprint density at radius 1 is 1.21 bits per heavy atom. The van der Waals surface area contributed by atoms with Gasteiger partial charge in [0, 0.05) is 0 Å². The molecule has 4 rings (SSSR count). The largest absolute Gasteiger partial charge is 0.465 e. The van der Waals surface area contributed by atoms with Gasteiger partial charge in [-0.3, -0.25) is 4.79 Å². The van der Waals surface area contributed by atoms with Crippen LogP contribution in [-0.2, 0) is 14.3 Å². The molecule has 1 N–H and O–H groups in total. The summed E-state index contributed by atoms with van der Waals surface area (Å²) in [5, 5.41) is 9.68. The SMILES string of the molecule is C[C@@H]1CC(C(=O)OCC2CC3CC(C2)O3)CCC1O. The fraction of sp³-hybridized carbons (Fsp3) is 0.933. The molecule has 2 aliphatic carbocycles. The fourth-order valence-corrected chi connectivity index (χ4v) is 3.75. The Morgan fingerprint density at radius 3 is 2.53 bits per heavy atom. The first-order valence-electron chi connectivity index (χ1n) is 7.62. The number of carbonyl (C=O) groups excluding carboxylic acids is 1. The summed E-state index contributed by atoms with van der Waals surface area (Å²) in [6.45, 7) is 2.57. The van der Waals surface area contributed by atoms with E-state index in [1.54, 1.807) is 0 Å². The molecule has 0 aromatic carbocycles. The number of hydrogen-bond acceptors (Lipinski definition) is 4. The van der Waals surface area contributed by atoms with E-state index in [9.17, 15) is 9.90 Å². The van der Waals surface area contributed by atoms with E-state index in [4.69, 9.17) is 9.47 Å². The fourth-order valence-electron chi connectivity index (χ4n) is 3.75. The van der Waals surface area contributed by atoms with E-state index in [0.717, 1.165) is 32.1 Å². The second kappa shape index (κ2) is 5.41. The minimum atomic E-state index is -0.244. The van der Waals surface area contributed by atoms with Crippen LogP contribution in [0.3, 0.4) is 0 Å². The summed E-state index contributed by atoms with van der Waals surface area (Å²) in [7, 11) is 0.